The Morgan fingerprint density at radius 3 is 2.50 bits per heavy atom. The fourth-order valence-corrected chi connectivity index (χ4v) is 4.53. The molecule has 3 rings (SSSR count). The van der Waals surface area contributed by atoms with Crippen molar-refractivity contribution >= 4 is 75.5 Å². The van der Waals surface area contributed by atoms with Gasteiger partial charge in [0.1, 0.15) is 11.6 Å². The second kappa shape index (κ2) is 9.97. The number of nitrogens with zero attached hydrogens (tertiary/aromatic N) is 4. The zero-order chi connectivity index (χ0) is 25.2. The highest BCUT2D eigenvalue weighted by molar-refractivity contribution is 7.81. The third-order valence-electron chi connectivity index (χ3n) is 5.35. The Balaban J connectivity index is 1.91. The van der Waals surface area contributed by atoms with Crippen molar-refractivity contribution in [3.05, 3.63) is 53.1 Å². The van der Waals surface area contributed by atoms with Gasteiger partial charge in [-0.05, 0) is 68.9 Å². The predicted molar refractivity (Wildman–Crippen MR) is 136 cm³/mol. The molecule has 11 heteroatoms. The molecule has 0 atom stereocenters. The van der Waals surface area contributed by atoms with Gasteiger partial charge in [-0.15, -0.1) is 0 Å². The van der Waals surface area contributed by atoms with E-state index in [1.807, 2.05) is 6.07 Å². The summed E-state index contributed by atoms with van der Waals surface area (Å²) in [4.78, 5) is 39.7. The number of nitriles is 1. The minimum Gasteiger partial charge on any atom is -0.370 e. The largest absolute Gasteiger partial charge is 0.370 e. The maximum Gasteiger partial charge on any atom is 0.259 e. The normalized spacial score (nSPS) is 14.8. The van der Waals surface area contributed by atoms with E-state index in [0.29, 0.717) is 17.1 Å². The molecule has 0 aliphatic carbocycles. The molecule has 34 heavy (non-hydrogen) atoms. The van der Waals surface area contributed by atoms with Crippen molar-refractivity contribution in [1.29, 1.82) is 5.26 Å². The number of benzene rings is 2. The van der Waals surface area contributed by atoms with Crippen LogP contribution in [0, 0.1) is 11.3 Å². The molecular formula is C23H21Cl2N5O3S. The summed E-state index contributed by atoms with van der Waals surface area (Å²) in [5.74, 6) is -1.17. The molecule has 1 aliphatic heterocycles. The number of anilines is 3. The van der Waals surface area contributed by atoms with Crippen molar-refractivity contribution in [2.24, 2.45) is 5.73 Å². The molecule has 1 fully saturated rings. The van der Waals surface area contributed by atoms with Crippen LogP contribution in [0.1, 0.15) is 38.7 Å². The van der Waals surface area contributed by atoms with Crippen LogP contribution in [0.2, 0.25) is 5.02 Å². The van der Waals surface area contributed by atoms with Crippen LogP contribution in [0.4, 0.5) is 17.1 Å². The predicted octanol–water partition coefficient (Wildman–Crippen LogP) is 4.27. The molecule has 1 heterocycles. The molecule has 0 bridgehead atoms. The molecule has 0 spiro atoms. The molecule has 3 amide bonds. The van der Waals surface area contributed by atoms with Gasteiger partial charge >= 0.3 is 0 Å². The third kappa shape index (κ3) is 4.85. The van der Waals surface area contributed by atoms with Gasteiger partial charge in [0.15, 0.2) is 5.11 Å². The fraction of sp³-hybridized carbons (Fsp3) is 0.261. The number of rotatable bonds is 7. The number of hydrogen-bond acceptors (Lipinski definition) is 5. The zero-order valence-corrected chi connectivity index (χ0v) is 20.7. The molecule has 0 unspecified atom stereocenters. The molecule has 2 aromatic rings. The molecule has 2 N–H and O–H groups in total. The maximum atomic E-state index is 13.3. The lowest BCUT2D eigenvalue weighted by Gasteiger charge is -2.30. The van der Waals surface area contributed by atoms with Gasteiger partial charge in [-0.3, -0.25) is 19.3 Å². The SMILES string of the molecule is CC1(C)C(=O)N(c2ccc(C#N)c(Cl)c2)C(=S)N1c1cccc(N(Cl)C(=O)CCCC(N)=O)c1. The highest BCUT2D eigenvalue weighted by atomic mass is 35.5. The Kier molecular flexibility index (Phi) is 7.46. The number of amides is 3. The van der Waals surface area contributed by atoms with Crippen LogP contribution in [0.5, 0.6) is 0 Å². The van der Waals surface area contributed by atoms with E-state index >= 15 is 0 Å². The first-order valence-electron chi connectivity index (χ1n) is 10.2. The smallest absolute Gasteiger partial charge is 0.259 e. The fourth-order valence-electron chi connectivity index (χ4n) is 3.60. The van der Waals surface area contributed by atoms with Crippen molar-refractivity contribution in [2.45, 2.75) is 38.6 Å². The van der Waals surface area contributed by atoms with Crippen molar-refractivity contribution in [1.82, 2.24) is 0 Å². The molecule has 0 saturated carbocycles. The van der Waals surface area contributed by atoms with Gasteiger partial charge in [0.05, 0.1) is 22.0 Å². The molecule has 0 aromatic heterocycles. The van der Waals surface area contributed by atoms with Crippen molar-refractivity contribution in [3.63, 3.8) is 0 Å². The van der Waals surface area contributed by atoms with E-state index in [-0.39, 0.29) is 40.9 Å². The van der Waals surface area contributed by atoms with Gasteiger partial charge in [0.25, 0.3) is 5.91 Å². The van der Waals surface area contributed by atoms with Gasteiger partial charge in [0.2, 0.25) is 11.8 Å². The monoisotopic (exact) mass is 517 g/mol. The molecule has 1 saturated heterocycles. The van der Waals surface area contributed by atoms with Crippen molar-refractivity contribution < 1.29 is 14.4 Å². The first kappa shape index (κ1) is 25.4. The van der Waals surface area contributed by atoms with Crippen LogP contribution in [-0.2, 0) is 14.4 Å². The lowest BCUT2D eigenvalue weighted by Crippen LogP contribution is -2.44. The highest BCUT2D eigenvalue weighted by Gasteiger charge is 2.50. The molecule has 0 radical (unpaired) electrons. The van der Waals surface area contributed by atoms with Crippen molar-refractivity contribution in [3.8, 4) is 6.07 Å². The van der Waals surface area contributed by atoms with Gasteiger partial charge in [-0.25, -0.2) is 4.42 Å². The van der Waals surface area contributed by atoms with Crippen LogP contribution in [0.15, 0.2) is 42.5 Å². The molecule has 176 valence electrons. The van der Waals surface area contributed by atoms with E-state index in [9.17, 15) is 14.4 Å². The maximum absolute atomic E-state index is 13.3. The van der Waals surface area contributed by atoms with Crippen LogP contribution in [0.3, 0.4) is 0 Å². The van der Waals surface area contributed by atoms with Crippen molar-refractivity contribution in [2.75, 3.05) is 14.2 Å². The number of hydrogen-bond donors (Lipinski definition) is 1. The van der Waals surface area contributed by atoms with E-state index < -0.39 is 17.4 Å². The van der Waals surface area contributed by atoms with Gasteiger partial charge < -0.3 is 10.6 Å². The summed E-state index contributed by atoms with van der Waals surface area (Å²) in [6.07, 6.45) is 0.428. The summed E-state index contributed by atoms with van der Waals surface area (Å²) < 4.78 is 0.969. The number of thiocarbonyl (C=S) groups is 1. The Bertz CT molecular complexity index is 1230. The Hall–Kier alpha value is -3.19. The topological polar surface area (TPSA) is 111 Å². The molecule has 8 nitrogen and oxygen atoms in total. The average molecular weight is 518 g/mol. The van der Waals surface area contributed by atoms with E-state index in [1.54, 1.807) is 49.1 Å². The summed E-state index contributed by atoms with van der Waals surface area (Å²) in [5.41, 5.74) is 5.72. The Labute approximate surface area is 212 Å². The first-order chi connectivity index (χ1) is 16.0. The highest BCUT2D eigenvalue weighted by Crippen LogP contribution is 2.38. The third-order valence-corrected chi connectivity index (χ3v) is 6.41. The zero-order valence-electron chi connectivity index (χ0n) is 18.4. The summed E-state index contributed by atoms with van der Waals surface area (Å²) in [6.45, 7) is 3.46. The minimum absolute atomic E-state index is 0.0516. The summed E-state index contributed by atoms with van der Waals surface area (Å²) >= 11 is 18.1. The lowest BCUT2D eigenvalue weighted by atomic mass is 10.0. The summed E-state index contributed by atoms with van der Waals surface area (Å²) in [7, 11) is 0. The lowest BCUT2D eigenvalue weighted by molar-refractivity contribution is -0.121. The summed E-state index contributed by atoms with van der Waals surface area (Å²) in [6, 6.07) is 13.4. The van der Waals surface area contributed by atoms with Gasteiger partial charge in [0, 0.05) is 30.3 Å². The van der Waals surface area contributed by atoms with Crippen LogP contribution in [-0.4, -0.2) is 28.4 Å². The van der Waals surface area contributed by atoms with E-state index in [1.165, 1.54) is 17.0 Å². The number of carbonyl (C=O) groups excluding carboxylic acids is 3. The van der Waals surface area contributed by atoms with Crippen LogP contribution in [0.25, 0.3) is 0 Å². The van der Waals surface area contributed by atoms with Gasteiger partial charge in [-0.2, -0.15) is 5.26 Å². The van der Waals surface area contributed by atoms with Gasteiger partial charge in [-0.1, -0.05) is 17.7 Å². The van der Waals surface area contributed by atoms with Crippen LogP contribution < -0.4 is 20.0 Å². The standard InChI is InChI=1S/C23H21Cl2N5O3S/c1-23(2)21(33)28(15-10-9-14(13-26)18(24)12-15)22(34)29(23)16-5-3-6-17(11-16)30(25)20(32)8-4-7-19(27)31/h3,5-6,9-12H,4,7-8H2,1-2H3,(H2,27,31). The Morgan fingerprint density at radius 2 is 1.88 bits per heavy atom. The number of halogens is 2. The summed E-state index contributed by atoms with van der Waals surface area (Å²) in [5, 5.41) is 9.55. The number of nitrogens with two attached hydrogens (primary N) is 1. The van der Waals surface area contributed by atoms with E-state index in [4.69, 9.17) is 46.6 Å². The number of carbonyl (C=O) groups is 3. The van der Waals surface area contributed by atoms with Crippen LogP contribution >= 0.6 is 35.6 Å². The first-order valence-corrected chi connectivity index (χ1v) is 11.4. The molecule has 1 aliphatic rings. The molecule has 2 aromatic carbocycles. The van der Waals surface area contributed by atoms with E-state index in [2.05, 4.69) is 0 Å². The quantitative estimate of drug-likeness (QED) is 0.433. The average Bonchev–Trinajstić information content (AvgIpc) is 2.96. The van der Waals surface area contributed by atoms with E-state index in [0.717, 1.165) is 4.42 Å². The molecular weight excluding hydrogens is 497 g/mol. The number of primary amides is 1. The Morgan fingerprint density at radius 1 is 1.18 bits per heavy atom. The second-order valence-corrected chi connectivity index (χ2v) is 9.22. The minimum atomic E-state index is -1.06. The second-order valence-electron chi connectivity index (χ2n) is 8.11.